The molecular formula is C16H23N3O3. The van der Waals surface area contributed by atoms with Crippen molar-refractivity contribution < 1.29 is 14.3 Å². The lowest BCUT2D eigenvalue weighted by molar-refractivity contribution is 0.0785. The van der Waals surface area contributed by atoms with Crippen LogP contribution in [0.15, 0.2) is 24.5 Å². The van der Waals surface area contributed by atoms with E-state index in [1.54, 1.807) is 29.4 Å². The van der Waals surface area contributed by atoms with Gasteiger partial charge in [-0.2, -0.15) is 0 Å². The van der Waals surface area contributed by atoms with Gasteiger partial charge in [0.2, 0.25) is 0 Å². The van der Waals surface area contributed by atoms with E-state index < -0.39 is 0 Å². The van der Waals surface area contributed by atoms with Crippen LogP contribution < -0.4 is 5.32 Å². The SMILES string of the molecule is CC(C)COC(=O)N1CCC(NC(=O)c2cccnc2)CC1. The van der Waals surface area contributed by atoms with Gasteiger partial charge >= 0.3 is 6.09 Å². The Morgan fingerprint density at radius 2 is 2.14 bits per heavy atom. The topological polar surface area (TPSA) is 71.5 Å². The predicted octanol–water partition coefficient (Wildman–Crippen LogP) is 2.07. The molecule has 2 heterocycles. The van der Waals surface area contributed by atoms with Crippen molar-refractivity contribution in [2.24, 2.45) is 5.92 Å². The Labute approximate surface area is 130 Å². The van der Waals surface area contributed by atoms with Crippen LogP contribution in [0.4, 0.5) is 4.79 Å². The number of pyridine rings is 1. The number of carbonyl (C=O) groups excluding carboxylic acids is 2. The molecule has 1 saturated heterocycles. The molecule has 0 aromatic carbocycles. The van der Waals surface area contributed by atoms with Crippen LogP contribution in [0, 0.1) is 5.92 Å². The van der Waals surface area contributed by atoms with E-state index in [4.69, 9.17) is 4.74 Å². The Balaban J connectivity index is 1.75. The van der Waals surface area contributed by atoms with E-state index in [0.717, 1.165) is 12.8 Å². The number of rotatable bonds is 4. The molecule has 1 aliphatic heterocycles. The molecule has 0 bridgehead atoms. The van der Waals surface area contributed by atoms with Gasteiger partial charge in [0.05, 0.1) is 12.2 Å². The zero-order valence-electron chi connectivity index (χ0n) is 13.1. The quantitative estimate of drug-likeness (QED) is 0.924. The summed E-state index contributed by atoms with van der Waals surface area (Å²) in [7, 11) is 0. The summed E-state index contributed by atoms with van der Waals surface area (Å²) in [5.74, 6) is 0.217. The third kappa shape index (κ3) is 4.72. The van der Waals surface area contributed by atoms with Crippen LogP contribution in [0.5, 0.6) is 0 Å². The summed E-state index contributed by atoms with van der Waals surface area (Å²) in [5.41, 5.74) is 0.557. The van der Waals surface area contributed by atoms with E-state index in [0.29, 0.717) is 31.2 Å². The fourth-order valence-corrected chi connectivity index (χ4v) is 2.30. The van der Waals surface area contributed by atoms with Gasteiger partial charge in [-0.15, -0.1) is 0 Å². The lowest BCUT2D eigenvalue weighted by Gasteiger charge is -2.31. The molecule has 0 saturated carbocycles. The predicted molar refractivity (Wildman–Crippen MR) is 82.5 cm³/mol. The molecule has 120 valence electrons. The van der Waals surface area contributed by atoms with Gasteiger partial charge in [-0.3, -0.25) is 9.78 Å². The van der Waals surface area contributed by atoms with E-state index >= 15 is 0 Å². The smallest absolute Gasteiger partial charge is 0.409 e. The van der Waals surface area contributed by atoms with E-state index in [1.165, 1.54) is 0 Å². The van der Waals surface area contributed by atoms with Crippen molar-refractivity contribution in [3.05, 3.63) is 30.1 Å². The number of piperidine rings is 1. The highest BCUT2D eigenvalue weighted by molar-refractivity contribution is 5.94. The number of nitrogens with one attached hydrogen (secondary N) is 1. The fraction of sp³-hybridized carbons (Fsp3) is 0.562. The lowest BCUT2D eigenvalue weighted by atomic mass is 10.0. The van der Waals surface area contributed by atoms with Crippen LogP contribution in [0.3, 0.4) is 0 Å². The van der Waals surface area contributed by atoms with Crippen molar-refractivity contribution in [3.63, 3.8) is 0 Å². The first kappa shape index (κ1) is 16.3. The first-order valence-electron chi connectivity index (χ1n) is 7.69. The third-order valence-electron chi connectivity index (χ3n) is 3.55. The van der Waals surface area contributed by atoms with Gasteiger partial charge in [0.25, 0.3) is 5.91 Å². The van der Waals surface area contributed by atoms with Crippen LogP contribution in [-0.4, -0.2) is 47.6 Å². The molecule has 2 amide bonds. The molecule has 0 radical (unpaired) electrons. The number of hydrogen-bond donors (Lipinski definition) is 1. The lowest BCUT2D eigenvalue weighted by Crippen LogP contribution is -2.46. The second-order valence-electron chi connectivity index (χ2n) is 5.95. The number of amides is 2. The van der Waals surface area contributed by atoms with Crippen molar-refractivity contribution in [1.82, 2.24) is 15.2 Å². The number of carbonyl (C=O) groups is 2. The second-order valence-corrected chi connectivity index (χ2v) is 5.95. The van der Waals surface area contributed by atoms with Gasteiger partial charge in [-0.25, -0.2) is 4.79 Å². The standard InChI is InChI=1S/C16H23N3O3/c1-12(2)11-22-16(21)19-8-5-14(6-9-19)18-15(20)13-4-3-7-17-10-13/h3-4,7,10,12,14H,5-6,8-9,11H2,1-2H3,(H,18,20). The Kier molecular flexibility index (Phi) is 5.75. The Morgan fingerprint density at radius 1 is 1.41 bits per heavy atom. The summed E-state index contributed by atoms with van der Waals surface area (Å²) in [6.07, 6.45) is 4.41. The molecule has 0 aliphatic carbocycles. The van der Waals surface area contributed by atoms with E-state index in [2.05, 4.69) is 10.3 Å². The van der Waals surface area contributed by atoms with Crippen molar-refractivity contribution in [2.75, 3.05) is 19.7 Å². The first-order chi connectivity index (χ1) is 10.6. The van der Waals surface area contributed by atoms with E-state index in [9.17, 15) is 9.59 Å². The van der Waals surface area contributed by atoms with Crippen LogP contribution in [0.2, 0.25) is 0 Å². The van der Waals surface area contributed by atoms with Crippen molar-refractivity contribution >= 4 is 12.0 Å². The highest BCUT2D eigenvalue weighted by atomic mass is 16.6. The molecule has 6 nitrogen and oxygen atoms in total. The number of likely N-dealkylation sites (tertiary alicyclic amines) is 1. The highest BCUT2D eigenvalue weighted by Crippen LogP contribution is 2.12. The normalized spacial score (nSPS) is 15.7. The summed E-state index contributed by atoms with van der Waals surface area (Å²) in [4.78, 5) is 29.6. The molecule has 1 aromatic rings. The van der Waals surface area contributed by atoms with Crippen molar-refractivity contribution in [1.29, 1.82) is 0 Å². The number of ether oxygens (including phenoxy) is 1. The van der Waals surface area contributed by atoms with Crippen molar-refractivity contribution in [3.8, 4) is 0 Å². The molecule has 1 aliphatic rings. The number of nitrogens with zero attached hydrogens (tertiary/aromatic N) is 2. The third-order valence-corrected chi connectivity index (χ3v) is 3.55. The van der Waals surface area contributed by atoms with Crippen molar-refractivity contribution in [2.45, 2.75) is 32.7 Å². The van der Waals surface area contributed by atoms with Crippen LogP contribution in [-0.2, 0) is 4.74 Å². The minimum absolute atomic E-state index is 0.0851. The average Bonchev–Trinajstić information content (AvgIpc) is 2.54. The van der Waals surface area contributed by atoms with Gasteiger partial charge < -0.3 is 15.0 Å². The zero-order valence-corrected chi connectivity index (χ0v) is 13.1. The minimum Gasteiger partial charge on any atom is -0.449 e. The maximum Gasteiger partial charge on any atom is 0.409 e. The Bertz CT molecular complexity index is 497. The maximum atomic E-state index is 12.0. The van der Waals surface area contributed by atoms with Gasteiger partial charge in [0.1, 0.15) is 0 Å². The number of aromatic nitrogens is 1. The zero-order chi connectivity index (χ0) is 15.9. The molecule has 0 atom stereocenters. The van der Waals surface area contributed by atoms with Gasteiger partial charge in [0.15, 0.2) is 0 Å². The maximum absolute atomic E-state index is 12.0. The Morgan fingerprint density at radius 3 is 2.73 bits per heavy atom. The van der Waals surface area contributed by atoms with Gasteiger partial charge in [-0.1, -0.05) is 13.8 Å². The minimum atomic E-state index is -0.259. The highest BCUT2D eigenvalue weighted by Gasteiger charge is 2.25. The monoisotopic (exact) mass is 305 g/mol. The van der Waals surface area contributed by atoms with Crippen LogP contribution in [0.25, 0.3) is 0 Å². The average molecular weight is 305 g/mol. The largest absolute Gasteiger partial charge is 0.449 e. The molecular weight excluding hydrogens is 282 g/mol. The van der Waals surface area contributed by atoms with Gasteiger partial charge in [-0.05, 0) is 30.9 Å². The Hall–Kier alpha value is -2.11. The summed E-state index contributed by atoms with van der Waals surface area (Å²) in [6.45, 7) is 5.67. The van der Waals surface area contributed by atoms with E-state index in [-0.39, 0.29) is 18.0 Å². The molecule has 22 heavy (non-hydrogen) atoms. The molecule has 0 unspecified atom stereocenters. The number of hydrogen-bond acceptors (Lipinski definition) is 4. The molecule has 0 spiro atoms. The summed E-state index contributed by atoms with van der Waals surface area (Å²) in [6, 6.07) is 3.56. The molecule has 1 fully saturated rings. The summed E-state index contributed by atoms with van der Waals surface area (Å²) < 4.78 is 5.22. The first-order valence-corrected chi connectivity index (χ1v) is 7.69. The van der Waals surface area contributed by atoms with Crippen LogP contribution in [0.1, 0.15) is 37.0 Å². The van der Waals surface area contributed by atoms with Gasteiger partial charge in [0, 0.05) is 31.5 Å². The summed E-state index contributed by atoms with van der Waals surface area (Å²) >= 11 is 0. The molecule has 1 N–H and O–H groups in total. The second kappa shape index (κ2) is 7.77. The molecule has 2 rings (SSSR count). The molecule has 1 aromatic heterocycles. The molecule has 6 heteroatoms. The summed E-state index contributed by atoms with van der Waals surface area (Å²) in [5, 5.41) is 2.99. The van der Waals surface area contributed by atoms with Crippen LogP contribution >= 0.6 is 0 Å². The van der Waals surface area contributed by atoms with E-state index in [1.807, 2.05) is 13.8 Å². The fourth-order valence-electron chi connectivity index (χ4n) is 2.30.